The lowest BCUT2D eigenvalue weighted by Crippen LogP contribution is -2.13. The highest BCUT2D eigenvalue weighted by molar-refractivity contribution is 5.50. The van der Waals surface area contributed by atoms with Gasteiger partial charge in [-0.1, -0.05) is 12.1 Å². The fraction of sp³-hybridized carbons (Fsp3) is 0.400. The van der Waals surface area contributed by atoms with Crippen LogP contribution in [-0.2, 0) is 0 Å². The summed E-state index contributed by atoms with van der Waals surface area (Å²) in [5, 5.41) is 8.75. The number of nitrogen functional groups attached to an aromatic ring is 1. The van der Waals surface area contributed by atoms with Crippen molar-refractivity contribution in [3.8, 4) is 0 Å². The lowest BCUT2D eigenvalue weighted by atomic mass is 9.99. The van der Waals surface area contributed by atoms with Crippen LogP contribution in [0.2, 0.25) is 0 Å². The molecule has 0 saturated heterocycles. The molecule has 0 heterocycles. The van der Waals surface area contributed by atoms with Gasteiger partial charge in [0.1, 0.15) is 0 Å². The van der Waals surface area contributed by atoms with Crippen molar-refractivity contribution in [2.45, 2.75) is 19.4 Å². The third-order valence-corrected chi connectivity index (χ3v) is 2.26. The van der Waals surface area contributed by atoms with Crippen LogP contribution in [0.5, 0.6) is 0 Å². The molecule has 13 heavy (non-hydrogen) atoms. The molecule has 3 heteroatoms. The molecule has 0 aromatic heterocycles. The van der Waals surface area contributed by atoms with Crippen molar-refractivity contribution >= 4 is 5.69 Å². The van der Waals surface area contributed by atoms with Crippen LogP contribution >= 0.6 is 0 Å². The Labute approximate surface area is 78.4 Å². The number of rotatable bonds is 3. The summed E-state index contributed by atoms with van der Waals surface area (Å²) in [6.07, 6.45) is 0.574. The van der Waals surface area contributed by atoms with Gasteiger partial charge in [0.2, 0.25) is 0 Å². The first-order valence-electron chi connectivity index (χ1n) is 4.38. The molecular weight excluding hydrogens is 164 g/mol. The van der Waals surface area contributed by atoms with E-state index in [2.05, 4.69) is 0 Å². The summed E-state index contributed by atoms with van der Waals surface area (Å²) in [6.45, 7) is 2.05. The van der Waals surface area contributed by atoms with Crippen LogP contribution in [0.1, 0.15) is 23.6 Å². The second kappa shape index (κ2) is 4.25. The minimum absolute atomic E-state index is 0.107. The monoisotopic (exact) mass is 180 g/mol. The number of benzene rings is 1. The van der Waals surface area contributed by atoms with E-state index in [1.54, 1.807) is 0 Å². The van der Waals surface area contributed by atoms with Gasteiger partial charge in [-0.05, 0) is 30.5 Å². The van der Waals surface area contributed by atoms with Crippen LogP contribution in [0.25, 0.3) is 0 Å². The van der Waals surface area contributed by atoms with E-state index in [-0.39, 0.29) is 12.6 Å². The minimum Gasteiger partial charge on any atom is -0.399 e. The fourth-order valence-corrected chi connectivity index (χ4v) is 1.37. The maximum atomic E-state index is 8.75. The van der Waals surface area contributed by atoms with Crippen molar-refractivity contribution in [3.63, 3.8) is 0 Å². The first-order valence-corrected chi connectivity index (χ1v) is 4.38. The first kappa shape index (κ1) is 10.0. The van der Waals surface area contributed by atoms with Crippen LogP contribution in [0.3, 0.4) is 0 Å². The second-order valence-corrected chi connectivity index (χ2v) is 3.18. The number of aliphatic hydroxyl groups excluding tert-OH is 1. The Hall–Kier alpha value is -1.06. The predicted octanol–water partition coefficient (Wildman–Crippen LogP) is 0.959. The van der Waals surface area contributed by atoms with Crippen molar-refractivity contribution < 1.29 is 5.11 Å². The highest BCUT2D eigenvalue weighted by Gasteiger charge is 2.08. The van der Waals surface area contributed by atoms with E-state index in [4.69, 9.17) is 16.6 Å². The highest BCUT2D eigenvalue weighted by Crippen LogP contribution is 2.22. The summed E-state index contributed by atoms with van der Waals surface area (Å²) in [6, 6.07) is 5.57. The Morgan fingerprint density at radius 2 is 2.15 bits per heavy atom. The van der Waals surface area contributed by atoms with E-state index in [1.807, 2.05) is 25.1 Å². The van der Waals surface area contributed by atoms with Gasteiger partial charge in [-0.15, -0.1) is 0 Å². The SMILES string of the molecule is Cc1c(N)cccc1[C@H](N)CCO. The van der Waals surface area contributed by atoms with Crippen LogP contribution in [0.4, 0.5) is 5.69 Å². The molecule has 0 aliphatic heterocycles. The van der Waals surface area contributed by atoms with E-state index >= 15 is 0 Å². The molecule has 3 nitrogen and oxygen atoms in total. The lowest BCUT2D eigenvalue weighted by Gasteiger charge is -2.14. The third kappa shape index (κ3) is 2.20. The average Bonchev–Trinajstić information content (AvgIpc) is 2.10. The van der Waals surface area contributed by atoms with E-state index in [9.17, 15) is 0 Å². The van der Waals surface area contributed by atoms with Gasteiger partial charge in [0.15, 0.2) is 0 Å². The van der Waals surface area contributed by atoms with Crippen LogP contribution < -0.4 is 11.5 Å². The molecular formula is C10H16N2O. The fourth-order valence-electron chi connectivity index (χ4n) is 1.37. The van der Waals surface area contributed by atoms with Gasteiger partial charge in [0.25, 0.3) is 0 Å². The molecule has 72 valence electrons. The number of anilines is 1. The summed E-state index contributed by atoms with van der Waals surface area (Å²) < 4.78 is 0. The molecule has 0 bridgehead atoms. The first-order chi connectivity index (χ1) is 6.16. The Morgan fingerprint density at radius 3 is 2.77 bits per heavy atom. The summed E-state index contributed by atoms with van der Waals surface area (Å²) in [4.78, 5) is 0. The molecule has 0 aliphatic carbocycles. The molecule has 1 atom stereocenters. The van der Waals surface area contributed by atoms with E-state index in [0.717, 1.165) is 16.8 Å². The molecule has 0 aliphatic rings. The Balaban J connectivity index is 2.93. The van der Waals surface area contributed by atoms with E-state index < -0.39 is 0 Å². The largest absolute Gasteiger partial charge is 0.399 e. The number of nitrogens with two attached hydrogens (primary N) is 2. The molecule has 1 aromatic rings. The van der Waals surface area contributed by atoms with Crippen molar-refractivity contribution in [2.75, 3.05) is 12.3 Å². The molecule has 0 radical (unpaired) electrons. The van der Waals surface area contributed by atoms with Gasteiger partial charge in [-0.3, -0.25) is 0 Å². The Kier molecular flexibility index (Phi) is 3.28. The van der Waals surface area contributed by atoms with Crippen LogP contribution in [-0.4, -0.2) is 11.7 Å². The van der Waals surface area contributed by atoms with Crippen LogP contribution in [0, 0.1) is 6.92 Å². The molecule has 0 amide bonds. The molecule has 0 spiro atoms. The maximum absolute atomic E-state index is 8.75. The quantitative estimate of drug-likeness (QED) is 0.607. The smallest absolute Gasteiger partial charge is 0.0449 e. The average molecular weight is 180 g/mol. The summed E-state index contributed by atoms with van der Waals surface area (Å²) in [5.41, 5.74) is 14.4. The van der Waals surface area contributed by atoms with Gasteiger partial charge < -0.3 is 16.6 Å². The van der Waals surface area contributed by atoms with E-state index in [0.29, 0.717) is 6.42 Å². The predicted molar refractivity (Wildman–Crippen MR) is 54.2 cm³/mol. The zero-order valence-electron chi connectivity index (χ0n) is 7.83. The van der Waals surface area contributed by atoms with Gasteiger partial charge in [0.05, 0.1) is 0 Å². The molecule has 5 N–H and O–H groups in total. The number of hydrogen-bond acceptors (Lipinski definition) is 3. The van der Waals surface area contributed by atoms with Gasteiger partial charge >= 0.3 is 0 Å². The summed E-state index contributed by atoms with van der Waals surface area (Å²) in [5.74, 6) is 0. The van der Waals surface area contributed by atoms with Crippen molar-refractivity contribution in [1.29, 1.82) is 0 Å². The van der Waals surface area contributed by atoms with Crippen LogP contribution in [0.15, 0.2) is 18.2 Å². The number of hydrogen-bond donors (Lipinski definition) is 3. The topological polar surface area (TPSA) is 72.3 Å². The van der Waals surface area contributed by atoms with Crippen molar-refractivity contribution in [3.05, 3.63) is 29.3 Å². The zero-order chi connectivity index (χ0) is 9.84. The summed E-state index contributed by atoms with van der Waals surface area (Å²) in [7, 11) is 0. The van der Waals surface area contributed by atoms with Gasteiger partial charge in [0, 0.05) is 18.3 Å². The zero-order valence-corrected chi connectivity index (χ0v) is 7.83. The normalized spacial score (nSPS) is 12.8. The van der Waals surface area contributed by atoms with Gasteiger partial charge in [-0.25, -0.2) is 0 Å². The lowest BCUT2D eigenvalue weighted by molar-refractivity contribution is 0.276. The highest BCUT2D eigenvalue weighted by atomic mass is 16.3. The standard InChI is InChI=1S/C10H16N2O/c1-7-8(10(12)5-6-13)3-2-4-9(7)11/h2-4,10,13H,5-6,11-12H2,1H3/t10-/m1/s1. The third-order valence-electron chi connectivity index (χ3n) is 2.26. The van der Waals surface area contributed by atoms with Crippen molar-refractivity contribution in [2.24, 2.45) is 5.73 Å². The molecule has 1 rings (SSSR count). The van der Waals surface area contributed by atoms with Gasteiger partial charge in [-0.2, -0.15) is 0 Å². The molecule has 0 saturated carbocycles. The Morgan fingerprint density at radius 1 is 1.46 bits per heavy atom. The minimum atomic E-state index is -0.117. The van der Waals surface area contributed by atoms with Crippen molar-refractivity contribution in [1.82, 2.24) is 0 Å². The van der Waals surface area contributed by atoms with E-state index in [1.165, 1.54) is 0 Å². The maximum Gasteiger partial charge on any atom is 0.0449 e. The molecule has 0 fully saturated rings. The second-order valence-electron chi connectivity index (χ2n) is 3.18. The molecule has 0 unspecified atom stereocenters. The number of aliphatic hydroxyl groups is 1. The molecule has 1 aromatic carbocycles. The Bertz CT molecular complexity index is 286. The summed E-state index contributed by atoms with van der Waals surface area (Å²) >= 11 is 0.